The highest BCUT2D eigenvalue weighted by molar-refractivity contribution is 6.42. The van der Waals surface area contributed by atoms with Gasteiger partial charge in [-0.2, -0.15) is 0 Å². The number of hydrogen-bond acceptors (Lipinski definition) is 2. The van der Waals surface area contributed by atoms with E-state index < -0.39 is 17.9 Å². The van der Waals surface area contributed by atoms with E-state index in [1.54, 1.807) is 25.1 Å². The zero-order valence-corrected chi connectivity index (χ0v) is 11.7. The highest BCUT2D eigenvalue weighted by atomic mass is 35.5. The molecule has 0 fully saturated rings. The number of rotatable bonds is 5. The number of halogens is 2. The molecule has 0 heterocycles. The van der Waals surface area contributed by atoms with Crippen LogP contribution in [0, 0.1) is 0 Å². The summed E-state index contributed by atoms with van der Waals surface area (Å²) in [7, 11) is 0. The van der Waals surface area contributed by atoms with Crippen LogP contribution in [0.3, 0.4) is 0 Å². The van der Waals surface area contributed by atoms with Crippen LogP contribution in [-0.4, -0.2) is 23.0 Å². The summed E-state index contributed by atoms with van der Waals surface area (Å²) in [5, 5.41) is 12.0. The number of amides is 1. The van der Waals surface area contributed by atoms with Crippen LogP contribution in [0.25, 0.3) is 6.08 Å². The standard InChI is InChI=1S/C13H13Cl2NO3/c1-2-11(13(18)19)16-12(17)6-4-8-3-5-9(14)10(15)7-8/h3-7,11H,2H2,1H3,(H,16,17)(H,18,19)/b6-4+/t11-/m0/s1. The van der Waals surface area contributed by atoms with Gasteiger partial charge in [0.05, 0.1) is 10.0 Å². The Kier molecular flexibility index (Phi) is 5.86. The third-order valence-corrected chi connectivity index (χ3v) is 3.13. The number of aliphatic carboxylic acids is 1. The first-order valence-electron chi connectivity index (χ1n) is 5.60. The number of carbonyl (C=O) groups excluding carboxylic acids is 1. The first-order chi connectivity index (χ1) is 8.93. The lowest BCUT2D eigenvalue weighted by molar-refractivity contribution is -0.141. The first-order valence-corrected chi connectivity index (χ1v) is 6.36. The molecule has 4 nitrogen and oxygen atoms in total. The molecule has 0 unspecified atom stereocenters. The Balaban J connectivity index is 2.68. The van der Waals surface area contributed by atoms with E-state index in [9.17, 15) is 9.59 Å². The fourth-order valence-electron chi connectivity index (χ4n) is 1.35. The molecule has 0 aliphatic heterocycles. The molecule has 1 amide bonds. The van der Waals surface area contributed by atoms with Crippen molar-refractivity contribution < 1.29 is 14.7 Å². The van der Waals surface area contributed by atoms with Gasteiger partial charge in [-0.1, -0.05) is 36.2 Å². The van der Waals surface area contributed by atoms with Crippen molar-refractivity contribution in [1.82, 2.24) is 5.32 Å². The summed E-state index contributed by atoms with van der Waals surface area (Å²) in [6.45, 7) is 1.68. The predicted molar refractivity (Wildman–Crippen MR) is 75.4 cm³/mol. The summed E-state index contributed by atoms with van der Waals surface area (Å²) >= 11 is 11.6. The molecule has 0 spiro atoms. The lowest BCUT2D eigenvalue weighted by Crippen LogP contribution is -2.39. The molecule has 0 bridgehead atoms. The van der Waals surface area contributed by atoms with E-state index in [2.05, 4.69) is 5.32 Å². The van der Waals surface area contributed by atoms with Crippen LogP contribution >= 0.6 is 23.2 Å². The smallest absolute Gasteiger partial charge is 0.326 e. The average molecular weight is 302 g/mol. The summed E-state index contributed by atoms with van der Waals surface area (Å²) in [4.78, 5) is 22.3. The Bertz CT molecular complexity index is 515. The van der Waals surface area contributed by atoms with E-state index in [1.807, 2.05) is 0 Å². The molecule has 0 aromatic heterocycles. The van der Waals surface area contributed by atoms with E-state index >= 15 is 0 Å². The van der Waals surface area contributed by atoms with Crippen LogP contribution in [0.5, 0.6) is 0 Å². The molecule has 6 heteroatoms. The molecule has 0 saturated carbocycles. The minimum absolute atomic E-state index is 0.321. The monoisotopic (exact) mass is 301 g/mol. The number of hydrogen-bond donors (Lipinski definition) is 2. The maximum absolute atomic E-state index is 11.5. The van der Waals surface area contributed by atoms with E-state index in [1.165, 1.54) is 12.2 Å². The quantitative estimate of drug-likeness (QED) is 0.822. The van der Waals surface area contributed by atoms with Crippen LogP contribution in [0.1, 0.15) is 18.9 Å². The van der Waals surface area contributed by atoms with Crippen LogP contribution in [0.2, 0.25) is 10.0 Å². The summed E-state index contributed by atoms with van der Waals surface area (Å²) in [5.41, 5.74) is 0.702. The molecule has 1 rings (SSSR count). The third kappa shape index (κ3) is 4.93. The molecule has 19 heavy (non-hydrogen) atoms. The van der Waals surface area contributed by atoms with Gasteiger partial charge >= 0.3 is 5.97 Å². The summed E-state index contributed by atoms with van der Waals surface area (Å²) < 4.78 is 0. The summed E-state index contributed by atoms with van der Waals surface area (Å²) in [6.07, 6.45) is 3.11. The Morgan fingerprint density at radius 3 is 2.58 bits per heavy atom. The van der Waals surface area contributed by atoms with Gasteiger partial charge in [-0.15, -0.1) is 0 Å². The van der Waals surface area contributed by atoms with Gasteiger partial charge in [-0.25, -0.2) is 4.79 Å². The van der Waals surface area contributed by atoms with Crippen molar-refractivity contribution in [3.63, 3.8) is 0 Å². The van der Waals surface area contributed by atoms with Crippen molar-refractivity contribution in [3.05, 3.63) is 39.9 Å². The Morgan fingerprint density at radius 2 is 2.05 bits per heavy atom. The van der Waals surface area contributed by atoms with Crippen molar-refractivity contribution in [2.75, 3.05) is 0 Å². The van der Waals surface area contributed by atoms with E-state index in [0.717, 1.165) is 0 Å². The molecule has 0 aliphatic carbocycles. The fraction of sp³-hybridized carbons (Fsp3) is 0.231. The van der Waals surface area contributed by atoms with Gasteiger partial charge in [0.2, 0.25) is 5.91 Å². The largest absolute Gasteiger partial charge is 0.480 e. The fourth-order valence-corrected chi connectivity index (χ4v) is 1.65. The highest BCUT2D eigenvalue weighted by Crippen LogP contribution is 2.23. The van der Waals surface area contributed by atoms with Gasteiger partial charge in [0.1, 0.15) is 6.04 Å². The molecule has 0 radical (unpaired) electrons. The highest BCUT2D eigenvalue weighted by Gasteiger charge is 2.15. The molecule has 102 valence electrons. The van der Waals surface area contributed by atoms with Crippen LogP contribution < -0.4 is 5.32 Å². The lowest BCUT2D eigenvalue weighted by Gasteiger charge is -2.09. The van der Waals surface area contributed by atoms with E-state index in [0.29, 0.717) is 22.0 Å². The SMILES string of the molecule is CC[C@H](NC(=O)/C=C/c1ccc(Cl)c(Cl)c1)C(=O)O. The Hall–Kier alpha value is -1.52. The number of carboxylic acid groups (broad SMARTS) is 1. The zero-order chi connectivity index (χ0) is 14.4. The van der Waals surface area contributed by atoms with Gasteiger partial charge in [0, 0.05) is 6.08 Å². The Labute approximate surface area is 121 Å². The summed E-state index contributed by atoms with van der Waals surface area (Å²) in [6, 6.07) is 4.05. The maximum atomic E-state index is 11.5. The molecule has 0 aliphatic rings. The molecule has 1 aromatic carbocycles. The normalized spacial score (nSPS) is 12.4. The number of carboxylic acids is 1. The van der Waals surface area contributed by atoms with Crippen LogP contribution in [-0.2, 0) is 9.59 Å². The topological polar surface area (TPSA) is 66.4 Å². The van der Waals surface area contributed by atoms with Crippen molar-refractivity contribution in [1.29, 1.82) is 0 Å². The van der Waals surface area contributed by atoms with Gasteiger partial charge in [0.15, 0.2) is 0 Å². The van der Waals surface area contributed by atoms with E-state index in [-0.39, 0.29) is 0 Å². The van der Waals surface area contributed by atoms with Gasteiger partial charge in [-0.3, -0.25) is 4.79 Å². The number of nitrogens with one attached hydrogen (secondary N) is 1. The number of benzene rings is 1. The molecule has 0 saturated heterocycles. The maximum Gasteiger partial charge on any atom is 0.326 e. The van der Waals surface area contributed by atoms with Crippen LogP contribution in [0.4, 0.5) is 0 Å². The lowest BCUT2D eigenvalue weighted by atomic mass is 10.2. The van der Waals surface area contributed by atoms with Crippen LogP contribution in [0.15, 0.2) is 24.3 Å². The predicted octanol–water partition coefficient (Wildman–Crippen LogP) is 2.99. The van der Waals surface area contributed by atoms with E-state index in [4.69, 9.17) is 28.3 Å². The van der Waals surface area contributed by atoms with Gasteiger partial charge < -0.3 is 10.4 Å². The number of carbonyl (C=O) groups is 2. The molecule has 1 aromatic rings. The van der Waals surface area contributed by atoms with Gasteiger partial charge in [0.25, 0.3) is 0 Å². The second-order valence-corrected chi connectivity index (χ2v) is 4.63. The van der Waals surface area contributed by atoms with Crippen molar-refractivity contribution >= 4 is 41.2 Å². The minimum atomic E-state index is -1.06. The molecule has 2 N–H and O–H groups in total. The van der Waals surface area contributed by atoms with Gasteiger partial charge in [-0.05, 0) is 30.2 Å². The van der Waals surface area contributed by atoms with Crippen molar-refractivity contribution in [2.45, 2.75) is 19.4 Å². The average Bonchev–Trinajstić information content (AvgIpc) is 2.37. The first kappa shape index (κ1) is 15.5. The molecular weight excluding hydrogens is 289 g/mol. The molecule has 1 atom stereocenters. The second kappa shape index (κ2) is 7.16. The summed E-state index contributed by atoms with van der Waals surface area (Å²) in [5.74, 6) is -1.53. The second-order valence-electron chi connectivity index (χ2n) is 3.81. The molecular formula is C13H13Cl2NO3. The zero-order valence-electron chi connectivity index (χ0n) is 10.2. The Morgan fingerprint density at radius 1 is 1.37 bits per heavy atom. The van der Waals surface area contributed by atoms with Crippen molar-refractivity contribution in [3.8, 4) is 0 Å². The third-order valence-electron chi connectivity index (χ3n) is 2.39. The van der Waals surface area contributed by atoms with Crippen molar-refractivity contribution in [2.24, 2.45) is 0 Å². The minimum Gasteiger partial charge on any atom is -0.480 e.